The zero-order valence-corrected chi connectivity index (χ0v) is 25.3. The van der Waals surface area contributed by atoms with Gasteiger partial charge in [-0.1, -0.05) is 37.7 Å². The number of amides is 1. The molecular formula is C33H38FN5O2S. The summed E-state index contributed by atoms with van der Waals surface area (Å²) in [6.45, 7) is 10.2. The molecule has 4 aromatic rings. The molecule has 1 atom stereocenters. The maximum absolute atomic E-state index is 15.0. The van der Waals surface area contributed by atoms with Gasteiger partial charge in [0.25, 0.3) is 5.91 Å². The first-order valence-corrected chi connectivity index (χ1v) is 15.6. The number of hydrogen-bond acceptors (Lipinski definition) is 6. The number of carbonyl (C=O) groups is 1. The topological polar surface area (TPSA) is 72.3 Å². The summed E-state index contributed by atoms with van der Waals surface area (Å²) < 4.78 is 23.0. The van der Waals surface area contributed by atoms with E-state index >= 15 is 0 Å². The van der Waals surface area contributed by atoms with E-state index < -0.39 is 5.82 Å². The molecular weight excluding hydrogens is 549 g/mol. The highest BCUT2D eigenvalue weighted by molar-refractivity contribution is 7.99. The molecule has 1 aliphatic heterocycles. The molecule has 1 saturated heterocycles. The monoisotopic (exact) mass is 587 g/mol. The summed E-state index contributed by atoms with van der Waals surface area (Å²) >= 11 is 1.24. The van der Waals surface area contributed by atoms with Gasteiger partial charge in [-0.05, 0) is 93.4 Å². The summed E-state index contributed by atoms with van der Waals surface area (Å²) in [5.74, 6) is -0.712. The number of aromatic nitrogens is 3. The Hall–Kier alpha value is -3.53. The van der Waals surface area contributed by atoms with Gasteiger partial charge < -0.3 is 10.1 Å². The molecule has 2 aromatic carbocycles. The lowest BCUT2D eigenvalue weighted by Gasteiger charge is -2.23. The molecule has 9 heteroatoms. The Morgan fingerprint density at radius 1 is 1.14 bits per heavy atom. The molecule has 7 nitrogen and oxygen atoms in total. The average Bonchev–Trinajstić information content (AvgIpc) is 3.38. The summed E-state index contributed by atoms with van der Waals surface area (Å²) in [7, 11) is 0. The predicted molar refractivity (Wildman–Crippen MR) is 167 cm³/mol. The van der Waals surface area contributed by atoms with Crippen LogP contribution in [0.25, 0.3) is 23.1 Å². The van der Waals surface area contributed by atoms with Gasteiger partial charge in [0.05, 0.1) is 27.4 Å². The third-order valence-electron chi connectivity index (χ3n) is 7.46. The standard InChI is InChI=1S/C33H38FN5O2S/c1-4-35-33(40)27-10-9-11-28(34)32(27)42-25-16-17-26-29(37-39(30(26)20-25)31-12-7-8-19-41-31)18-15-24-14-13-23(21-36-24)22-38(5-2)6-3/h9-11,13-18,20-21,31H,4-8,12,19,22H2,1-3H3,(H,35,40)/b18-15+. The third-order valence-corrected chi connectivity index (χ3v) is 8.57. The van der Waals surface area contributed by atoms with E-state index in [1.807, 2.05) is 54.2 Å². The summed E-state index contributed by atoms with van der Waals surface area (Å²) in [5.41, 5.74) is 4.10. The van der Waals surface area contributed by atoms with E-state index in [0.29, 0.717) is 23.6 Å². The fourth-order valence-corrected chi connectivity index (χ4v) is 6.11. The SMILES string of the molecule is CCNC(=O)c1cccc(F)c1Sc1ccc2c(/C=C/c3ccc(CN(CC)CC)cn3)nn(C3CCCCO3)c2c1. The van der Waals surface area contributed by atoms with Crippen molar-refractivity contribution < 1.29 is 13.9 Å². The van der Waals surface area contributed by atoms with E-state index in [9.17, 15) is 9.18 Å². The average molecular weight is 588 g/mol. The molecule has 220 valence electrons. The minimum Gasteiger partial charge on any atom is -0.356 e. The third kappa shape index (κ3) is 6.91. The lowest BCUT2D eigenvalue weighted by atomic mass is 10.1. The van der Waals surface area contributed by atoms with Gasteiger partial charge in [-0.2, -0.15) is 5.10 Å². The second kappa shape index (κ2) is 14.1. The Morgan fingerprint density at radius 2 is 2.00 bits per heavy atom. The number of nitrogens with zero attached hydrogens (tertiary/aromatic N) is 4. The van der Waals surface area contributed by atoms with E-state index in [1.54, 1.807) is 12.1 Å². The Kier molecular flexibility index (Phi) is 10.0. The van der Waals surface area contributed by atoms with Crippen molar-refractivity contribution in [1.29, 1.82) is 0 Å². The highest BCUT2D eigenvalue weighted by Gasteiger charge is 2.22. The van der Waals surface area contributed by atoms with Crippen LogP contribution < -0.4 is 5.32 Å². The van der Waals surface area contributed by atoms with Crippen LogP contribution in [-0.4, -0.2) is 51.8 Å². The van der Waals surface area contributed by atoms with Crippen molar-refractivity contribution in [2.75, 3.05) is 26.2 Å². The summed E-state index contributed by atoms with van der Waals surface area (Å²) in [6, 6.07) is 14.7. The molecule has 1 unspecified atom stereocenters. The Bertz CT molecular complexity index is 1540. The number of benzene rings is 2. The van der Waals surface area contributed by atoms with Crippen molar-refractivity contribution in [3.63, 3.8) is 0 Å². The first kappa shape index (κ1) is 29.9. The molecule has 1 aliphatic rings. The highest BCUT2D eigenvalue weighted by atomic mass is 32.2. The van der Waals surface area contributed by atoms with Crippen LogP contribution in [0.2, 0.25) is 0 Å². The zero-order valence-electron chi connectivity index (χ0n) is 24.5. The van der Waals surface area contributed by atoms with Gasteiger partial charge in [0.1, 0.15) is 5.82 Å². The molecule has 0 bridgehead atoms. The van der Waals surface area contributed by atoms with Gasteiger partial charge >= 0.3 is 0 Å². The van der Waals surface area contributed by atoms with Crippen LogP contribution >= 0.6 is 11.8 Å². The Morgan fingerprint density at radius 3 is 2.71 bits per heavy atom. The van der Waals surface area contributed by atoms with Gasteiger partial charge in [0, 0.05) is 36.2 Å². The molecule has 0 radical (unpaired) electrons. The van der Waals surface area contributed by atoms with Gasteiger partial charge in [-0.25, -0.2) is 9.07 Å². The van der Waals surface area contributed by atoms with Gasteiger partial charge in [-0.15, -0.1) is 0 Å². The van der Waals surface area contributed by atoms with E-state index in [0.717, 1.165) is 66.1 Å². The fourth-order valence-electron chi connectivity index (χ4n) is 5.13. The zero-order chi connectivity index (χ0) is 29.5. The lowest BCUT2D eigenvalue weighted by Crippen LogP contribution is -2.23. The van der Waals surface area contributed by atoms with Crippen molar-refractivity contribution in [2.24, 2.45) is 0 Å². The molecule has 1 fully saturated rings. The Balaban J connectivity index is 1.46. The van der Waals surface area contributed by atoms with Crippen molar-refractivity contribution in [3.05, 3.63) is 83.1 Å². The fraction of sp³-hybridized carbons (Fsp3) is 0.364. The van der Waals surface area contributed by atoms with Crippen LogP contribution in [0.5, 0.6) is 0 Å². The summed E-state index contributed by atoms with van der Waals surface area (Å²) in [4.78, 5) is 20.8. The predicted octanol–water partition coefficient (Wildman–Crippen LogP) is 7.18. The maximum Gasteiger partial charge on any atom is 0.252 e. The van der Waals surface area contributed by atoms with Crippen molar-refractivity contribution in [1.82, 2.24) is 25.0 Å². The first-order chi connectivity index (χ1) is 20.5. The van der Waals surface area contributed by atoms with Crippen molar-refractivity contribution >= 4 is 40.7 Å². The van der Waals surface area contributed by atoms with E-state index in [2.05, 4.69) is 35.1 Å². The second-order valence-corrected chi connectivity index (χ2v) is 11.4. The molecule has 0 aliphatic carbocycles. The molecule has 3 heterocycles. The van der Waals surface area contributed by atoms with Crippen LogP contribution in [0.3, 0.4) is 0 Å². The summed E-state index contributed by atoms with van der Waals surface area (Å²) in [5, 5.41) is 8.72. The van der Waals surface area contributed by atoms with E-state index in [4.69, 9.17) is 9.84 Å². The molecule has 0 spiro atoms. The highest BCUT2D eigenvalue weighted by Crippen LogP contribution is 2.36. The number of fused-ring (bicyclic) bond motifs is 1. The molecule has 5 rings (SSSR count). The number of pyridine rings is 1. The number of ether oxygens (including phenoxy) is 1. The first-order valence-electron chi connectivity index (χ1n) is 14.7. The normalized spacial score (nSPS) is 15.6. The second-order valence-electron chi connectivity index (χ2n) is 10.3. The van der Waals surface area contributed by atoms with E-state index in [1.165, 1.54) is 23.4 Å². The van der Waals surface area contributed by atoms with E-state index in [-0.39, 0.29) is 12.1 Å². The molecule has 42 heavy (non-hydrogen) atoms. The number of carbonyl (C=O) groups excluding carboxylic acids is 1. The van der Waals surface area contributed by atoms with Crippen LogP contribution in [0.4, 0.5) is 4.39 Å². The molecule has 0 saturated carbocycles. The van der Waals surface area contributed by atoms with Crippen LogP contribution in [-0.2, 0) is 11.3 Å². The van der Waals surface area contributed by atoms with Gasteiger partial charge in [0.2, 0.25) is 0 Å². The van der Waals surface area contributed by atoms with Gasteiger partial charge in [-0.3, -0.25) is 14.7 Å². The molecule has 1 N–H and O–H groups in total. The number of nitrogens with one attached hydrogen (secondary N) is 1. The van der Waals surface area contributed by atoms with Crippen LogP contribution in [0.1, 0.15) is 73.6 Å². The maximum atomic E-state index is 15.0. The van der Waals surface area contributed by atoms with Crippen LogP contribution in [0, 0.1) is 5.82 Å². The van der Waals surface area contributed by atoms with Crippen molar-refractivity contribution in [3.8, 4) is 0 Å². The smallest absolute Gasteiger partial charge is 0.252 e. The molecule has 1 amide bonds. The minimum absolute atomic E-state index is 0.166. The number of halogens is 1. The lowest BCUT2D eigenvalue weighted by molar-refractivity contribution is -0.0367. The van der Waals surface area contributed by atoms with Crippen molar-refractivity contribution in [2.45, 2.75) is 62.6 Å². The largest absolute Gasteiger partial charge is 0.356 e. The quantitative estimate of drug-likeness (QED) is 0.200. The van der Waals surface area contributed by atoms with Crippen LogP contribution in [0.15, 0.2) is 64.5 Å². The Labute approximate surface area is 251 Å². The summed E-state index contributed by atoms with van der Waals surface area (Å²) in [6.07, 6.45) is 8.73. The molecule has 2 aromatic heterocycles. The number of hydrogen-bond donors (Lipinski definition) is 1. The number of rotatable bonds is 11. The van der Waals surface area contributed by atoms with Gasteiger partial charge in [0.15, 0.2) is 6.23 Å². The minimum atomic E-state index is -0.424.